The van der Waals surface area contributed by atoms with Crippen LogP contribution in [0.25, 0.3) is 0 Å². The summed E-state index contributed by atoms with van der Waals surface area (Å²) in [7, 11) is -3.48. The average Bonchev–Trinajstić information content (AvgIpc) is 2.30. The fourth-order valence-electron chi connectivity index (χ4n) is 1.55. The van der Waals surface area contributed by atoms with Crippen molar-refractivity contribution in [2.45, 2.75) is 38.6 Å². The molecule has 0 aliphatic rings. The highest BCUT2D eigenvalue weighted by Gasteiger charge is 2.22. The Bertz CT molecular complexity index is 514. The first kappa shape index (κ1) is 15.5. The molecule has 0 aliphatic carbocycles. The molecule has 2 unspecified atom stereocenters. The van der Waals surface area contributed by atoms with Crippen molar-refractivity contribution in [1.82, 2.24) is 4.72 Å². The molecule has 0 radical (unpaired) electrons. The minimum Gasteiger partial charge on any atom is -0.208 e. The van der Waals surface area contributed by atoms with Crippen LogP contribution in [0.5, 0.6) is 0 Å². The van der Waals surface area contributed by atoms with E-state index in [1.807, 2.05) is 32.9 Å². The van der Waals surface area contributed by atoms with Gasteiger partial charge in [-0.3, -0.25) is 0 Å². The third-order valence-corrected chi connectivity index (χ3v) is 5.26. The number of nitrogens with one attached hydrogen (secondary N) is 1. The van der Waals surface area contributed by atoms with Gasteiger partial charge in [-0.1, -0.05) is 19.1 Å². The molecule has 0 fully saturated rings. The summed E-state index contributed by atoms with van der Waals surface area (Å²) in [5.41, 5.74) is 1.68. The molecule has 1 aromatic rings. The first-order valence-corrected chi connectivity index (χ1v) is 7.95. The van der Waals surface area contributed by atoms with E-state index in [0.29, 0.717) is 10.8 Å². The lowest BCUT2D eigenvalue weighted by Crippen LogP contribution is -2.38. The number of hydrogen-bond donors (Lipinski definition) is 1. The molecule has 102 valence electrons. The number of alkyl halides is 1. The van der Waals surface area contributed by atoms with Gasteiger partial charge in [0, 0.05) is 11.9 Å². The molecule has 0 saturated heterocycles. The van der Waals surface area contributed by atoms with Gasteiger partial charge in [0.05, 0.1) is 4.90 Å². The molecule has 0 saturated carbocycles. The molecule has 0 heterocycles. The van der Waals surface area contributed by atoms with Crippen LogP contribution in [0, 0.1) is 19.8 Å². The van der Waals surface area contributed by atoms with Gasteiger partial charge in [0.1, 0.15) is 0 Å². The Balaban J connectivity index is 3.03. The van der Waals surface area contributed by atoms with Crippen molar-refractivity contribution in [2.75, 3.05) is 5.88 Å². The Labute approximate surface area is 115 Å². The third kappa shape index (κ3) is 3.70. The highest BCUT2D eigenvalue weighted by atomic mass is 35.5. The monoisotopic (exact) mass is 289 g/mol. The lowest BCUT2D eigenvalue weighted by atomic mass is 10.1. The van der Waals surface area contributed by atoms with Crippen molar-refractivity contribution in [3.8, 4) is 0 Å². The molecule has 0 aliphatic heterocycles. The van der Waals surface area contributed by atoms with E-state index in [1.165, 1.54) is 0 Å². The molecule has 0 amide bonds. The topological polar surface area (TPSA) is 46.2 Å². The van der Waals surface area contributed by atoms with Crippen LogP contribution in [0.3, 0.4) is 0 Å². The highest BCUT2D eigenvalue weighted by Crippen LogP contribution is 2.18. The van der Waals surface area contributed by atoms with Crippen LogP contribution in [-0.2, 0) is 10.0 Å². The second kappa shape index (κ2) is 6.04. The van der Waals surface area contributed by atoms with Crippen molar-refractivity contribution in [3.05, 3.63) is 29.3 Å². The fourth-order valence-corrected chi connectivity index (χ4v) is 3.50. The number of halogens is 1. The van der Waals surface area contributed by atoms with Gasteiger partial charge < -0.3 is 0 Å². The van der Waals surface area contributed by atoms with Crippen LogP contribution in [0.2, 0.25) is 0 Å². The minimum absolute atomic E-state index is 0.0894. The van der Waals surface area contributed by atoms with Crippen LogP contribution >= 0.6 is 11.6 Å². The molecule has 0 bridgehead atoms. The van der Waals surface area contributed by atoms with E-state index in [4.69, 9.17) is 11.6 Å². The van der Waals surface area contributed by atoms with E-state index in [-0.39, 0.29) is 12.0 Å². The van der Waals surface area contributed by atoms with E-state index < -0.39 is 10.0 Å². The molecular formula is C13H20ClNO2S. The maximum atomic E-state index is 12.3. The van der Waals surface area contributed by atoms with Crippen LogP contribution in [0.1, 0.15) is 25.0 Å². The zero-order chi connectivity index (χ0) is 13.9. The normalized spacial score (nSPS) is 15.4. The third-order valence-electron chi connectivity index (χ3n) is 3.07. The lowest BCUT2D eigenvalue weighted by Gasteiger charge is -2.20. The van der Waals surface area contributed by atoms with Crippen molar-refractivity contribution < 1.29 is 8.42 Å². The first-order valence-electron chi connectivity index (χ1n) is 5.93. The maximum Gasteiger partial charge on any atom is 0.241 e. The predicted molar refractivity (Wildman–Crippen MR) is 75.6 cm³/mol. The smallest absolute Gasteiger partial charge is 0.208 e. The van der Waals surface area contributed by atoms with Crippen molar-refractivity contribution in [1.29, 1.82) is 0 Å². The molecule has 5 heteroatoms. The molecule has 0 aromatic heterocycles. The van der Waals surface area contributed by atoms with Gasteiger partial charge >= 0.3 is 0 Å². The Morgan fingerprint density at radius 2 is 1.89 bits per heavy atom. The van der Waals surface area contributed by atoms with Crippen molar-refractivity contribution in [2.24, 2.45) is 5.92 Å². The van der Waals surface area contributed by atoms with Crippen LogP contribution in [-0.4, -0.2) is 20.3 Å². The van der Waals surface area contributed by atoms with Gasteiger partial charge in [0.25, 0.3) is 0 Å². The zero-order valence-corrected chi connectivity index (χ0v) is 12.8. The largest absolute Gasteiger partial charge is 0.241 e. The van der Waals surface area contributed by atoms with E-state index in [2.05, 4.69) is 4.72 Å². The number of sulfonamides is 1. The van der Waals surface area contributed by atoms with Crippen LogP contribution in [0.4, 0.5) is 0 Å². The Hall–Kier alpha value is -0.580. The van der Waals surface area contributed by atoms with E-state index in [9.17, 15) is 8.42 Å². The maximum absolute atomic E-state index is 12.3. The second-order valence-corrected chi connectivity index (χ2v) is 6.80. The fraction of sp³-hybridized carbons (Fsp3) is 0.538. The average molecular weight is 290 g/mol. The zero-order valence-electron chi connectivity index (χ0n) is 11.2. The lowest BCUT2D eigenvalue weighted by molar-refractivity contribution is 0.480. The number of benzene rings is 1. The Kier molecular flexibility index (Phi) is 5.20. The summed E-state index contributed by atoms with van der Waals surface area (Å²) < 4.78 is 27.2. The predicted octanol–water partition coefficient (Wildman–Crippen LogP) is 2.85. The summed E-state index contributed by atoms with van der Waals surface area (Å²) in [5.74, 6) is 0.516. The number of hydrogen-bond acceptors (Lipinski definition) is 2. The van der Waals surface area contributed by atoms with Gasteiger partial charge in [-0.2, -0.15) is 0 Å². The van der Waals surface area contributed by atoms with Gasteiger partial charge in [-0.15, -0.1) is 11.6 Å². The van der Waals surface area contributed by atoms with Crippen molar-refractivity contribution in [3.63, 3.8) is 0 Å². The Morgan fingerprint density at radius 1 is 1.28 bits per heavy atom. The van der Waals surface area contributed by atoms with Gasteiger partial charge in [-0.05, 0) is 43.9 Å². The van der Waals surface area contributed by atoms with Gasteiger partial charge in [-0.25, -0.2) is 13.1 Å². The minimum atomic E-state index is -3.48. The Morgan fingerprint density at radius 3 is 2.44 bits per heavy atom. The van der Waals surface area contributed by atoms with Crippen LogP contribution in [0.15, 0.2) is 23.1 Å². The van der Waals surface area contributed by atoms with E-state index >= 15 is 0 Å². The number of rotatable bonds is 5. The van der Waals surface area contributed by atoms with Gasteiger partial charge in [0.2, 0.25) is 10.0 Å². The summed E-state index contributed by atoms with van der Waals surface area (Å²) in [6.45, 7) is 7.42. The standard InChI is InChI=1S/C13H20ClNO2S/c1-9-5-6-10(2)13(7-9)18(16,17)15-12(4)11(3)8-14/h5-7,11-12,15H,8H2,1-4H3. The van der Waals surface area contributed by atoms with Gasteiger partial charge in [0.15, 0.2) is 0 Å². The summed E-state index contributed by atoms with van der Waals surface area (Å²) in [5, 5.41) is 0. The SMILES string of the molecule is Cc1ccc(C)c(S(=O)(=O)NC(C)C(C)CCl)c1. The first-order chi connectivity index (χ1) is 8.27. The molecule has 1 rings (SSSR count). The summed E-state index contributed by atoms with van der Waals surface area (Å²) in [6, 6.07) is 5.22. The number of aryl methyl sites for hydroxylation is 2. The molecule has 1 N–H and O–H groups in total. The molecular weight excluding hydrogens is 270 g/mol. The molecule has 1 aromatic carbocycles. The molecule has 0 spiro atoms. The second-order valence-electron chi connectivity index (χ2n) is 4.81. The molecule has 18 heavy (non-hydrogen) atoms. The summed E-state index contributed by atoms with van der Waals surface area (Å²) in [6.07, 6.45) is 0. The van der Waals surface area contributed by atoms with E-state index in [1.54, 1.807) is 13.0 Å². The molecule has 2 atom stereocenters. The quantitative estimate of drug-likeness (QED) is 0.847. The summed E-state index contributed by atoms with van der Waals surface area (Å²) >= 11 is 5.74. The van der Waals surface area contributed by atoms with Crippen LogP contribution < -0.4 is 4.72 Å². The summed E-state index contributed by atoms with van der Waals surface area (Å²) in [4.78, 5) is 0.344. The van der Waals surface area contributed by atoms with Crippen molar-refractivity contribution >= 4 is 21.6 Å². The molecule has 3 nitrogen and oxygen atoms in total. The highest BCUT2D eigenvalue weighted by molar-refractivity contribution is 7.89. The van der Waals surface area contributed by atoms with E-state index in [0.717, 1.165) is 11.1 Å².